The molecule has 2 aliphatic rings. The van der Waals surface area contributed by atoms with Gasteiger partial charge in [-0.2, -0.15) is 0 Å². The molecule has 0 unspecified atom stereocenters. The van der Waals surface area contributed by atoms with Crippen molar-refractivity contribution in [2.45, 2.75) is 42.9 Å². The number of imidazole rings is 1. The van der Waals surface area contributed by atoms with Crippen LogP contribution in [0.15, 0.2) is 61.2 Å². The van der Waals surface area contributed by atoms with Gasteiger partial charge in [0, 0.05) is 12.5 Å². The first-order chi connectivity index (χ1) is 21.2. The highest BCUT2D eigenvalue weighted by atomic mass is 16.6. The highest BCUT2D eigenvalue weighted by Crippen LogP contribution is 2.44. The van der Waals surface area contributed by atoms with Gasteiger partial charge in [0.25, 0.3) is 0 Å². The summed E-state index contributed by atoms with van der Waals surface area (Å²) in [6.07, 6.45) is -4.18. The predicted molar refractivity (Wildman–Crippen MR) is 153 cm³/mol. The SMILES string of the molecule is Nc1ncnc2c1ncn2[C@@H]1O[C@H](CNC(=O)[C@H](CC(=O)O)NC(=O)OCC2c3ccccc3-c3ccccc32)[C@@H](O)[C@H]1O. The van der Waals surface area contributed by atoms with Crippen LogP contribution in [0.4, 0.5) is 10.6 Å². The molecule has 2 aromatic carbocycles. The van der Waals surface area contributed by atoms with E-state index in [1.807, 2.05) is 48.5 Å². The molecule has 7 N–H and O–H groups in total. The lowest BCUT2D eigenvalue weighted by Crippen LogP contribution is -2.50. The molecular formula is C29H29N7O8. The van der Waals surface area contributed by atoms with Crippen LogP contribution in [0.3, 0.4) is 0 Å². The number of nitrogens with zero attached hydrogens (tertiary/aromatic N) is 4. The van der Waals surface area contributed by atoms with E-state index in [2.05, 4.69) is 25.6 Å². The number of carboxylic acids is 1. The number of aliphatic carboxylic acids is 1. The second-order valence-electron chi connectivity index (χ2n) is 10.5. The molecule has 15 heteroatoms. The number of alkyl carbamates (subject to hydrolysis) is 1. The van der Waals surface area contributed by atoms with Gasteiger partial charge in [-0.3, -0.25) is 14.2 Å². The average Bonchev–Trinajstić information content (AvgIpc) is 3.67. The number of benzene rings is 2. The number of aliphatic hydroxyl groups is 2. The number of nitrogen functional groups attached to an aromatic ring is 1. The van der Waals surface area contributed by atoms with Gasteiger partial charge in [-0.15, -0.1) is 0 Å². The van der Waals surface area contributed by atoms with Crippen LogP contribution in [0.2, 0.25) is 0 Å². The van der Waals surface area contributed by atoms with Crippen LogP contribution >= 0.6 is 0 Å². The Kier molecular flexibility index (Phi) is 7.82. The Bertz CT molecular complexity index is 1680. The maximum Gasteiger partial charge on any atom is 0.407 e. The number of rotatable bonds is 9. The van der Waals surface area contributed by atoms with Crippen molar-refractivity contribution in [2.24, 2.45) is 0 Å². The van der Waals surface area contributed by atoms with Gasteiger partial charge in [-0.05, 0) is 22.3 Å². The third-order valence-electron chi connectivity index (χ3n) is 7.81. The maximum absolute atomic E-state index is 13.0. The maximum atomic E-state index is 13.0. The van der Waals surface area contributed by atoms with Crippen LogP contribution in [-0.4, -0.2) is 90.3 Å². The number of aliphatic hydroxyl groups excluding tert-OH is 2. The summed E-state index contributed by atoms with van der Waals surface area (Å²) in [5.74, 6) is -2.28. The smallest absolute Gasteiger partial charge is 0.407 e. The fourth-order valence-corrected chi connectivity index (χ4v) is 5.67. The monoisotopic (exact) mass is 603 g/mol. The lowest BCUT2D eigenvalue weighted by Gasteiger charge is -2.20. The number of ether oxygens (including phenoxy) is 2. The molecule has 2 aromatic heterocycles. The summed E-state index contributed by atoms with van der Waals surface area (Å²) in [6.45, 7) is -0.331. The van der Waals surface area contributed by atoms with Crippen molar-refractivity contribution in [2.75, 3.05) is 18.9 Å². The highest BCUT2D eigenvalue weighted by molar-refractivity contribution is 5.89. The summed E-state index contributed by atoms with van der Waals surface area (Å²) < 4.78 is 12.6. The van der Waals surface area contributed by atoms with Gasteiger partial charge in [0.2, 0.25) is 5.91 Å². The molecule has 3 heterocycles. The van der Waals surface area contributed by atoms with Gasteiger partial charge in [-0.1, -0.05) is 48.5 Å². The van der Waals surface area contributed by atoms with E-state index in [4.69, 9.17) is 15.2 Å². The number of aromatic nitrogens is 4. The van der Waals surface area contributed by atoms with Crippen molar-refractivity contribution >= 4 is 35.0 Å². The number of hydrogen-bond acceptors (Lipinski definition) is 11. The first kappa shape index (κ1) is 29.0. The molecule has 15 nitrogen and oxygen atoms in total. The van der Waals surface area contributed by atoms with Gasteiger partial charge in [0.1, 0.15) is 42.8 Å². The molecule has 2 amide bonds. The van der Waals surface area contributed by atoms with Crippen molar-refractivity contribution in [3.8, 4) is 11.1 Å². The topological polar surface area (TPSA) is 224 Å². The van der Waals surface area contributed by atoms with Crippen molar-refractivity contribution in [1.82, 2.24) is 30.2 Å². The molecule has 1 aliphatic carbocycles. The molecule has 0 spiro atoms. The zero-order valence-electron chi connectivity index (χ0n) is 23.1. The van der Waals surface area contributed by atoms with E-state index in [-0.39, 0.29) is 36.1 Å². The molecule has 0 radical (unpaired) electrons. The van der Waals surface area contributed by atoms with Gasteiger partial charge < -0.3 is 41.2 Å². The number of fused-ring (bicyclic) bond motifs is 4. The lowest BCUT2D eigenvalue weighted by atomic mass is 9.98. The summed E-state index contributed by atoms with van der Waals surface area (Å²) in [5, 5.41) is 35.4. The fourth-order valence-electron chi connectivity index (χ4n) is 5.67. The third kappa shape index (κ3) is 5.39. The number of nitrogens with one attached hydrogen (secondary N) is 2. The van der Waals surface area contributed by atoms with Gasteiger partial charge >= 0.3 is 12.1 Å². The second-order valence-corrected chi connectivity index (χ2v) is 10.5. The molecule has 5 atom stereocenters. The highest BCUT2D eigenvalue weighted by Gasteiger charge is 2.44. The molecular weight excluding hydrogens is 574 g/mol. The number of hydrogen-bond donors (Lipinski definition) is 6. The number of carboxylic acid groups (broad SMARTS) is 1. The third-order valence-corrected chi connectivity index (χ3v) is 7.81. The van der Waals surface area contributed by atoms with E-state index in [1.165, 1.54) is 17.2 Å². The Labute approximate surface area is 249 Å². The standard InChI is InChI=1S/C29H29N7O8/c30-25-22-26(33-12-32-25)36(13-34-22)28-24(40)23(39)20(44-28)10-31-27(41)19(9-21(37)38)35-29(42)43-11-18-16-7-3-1-5-14(16)15-6-2-4-8-17(15)18/h1-8,12-13,18-20,23-24,28,39-40H,9-11H2,(H,31,41)(H,35,42)(H,37,38)(H2,30,32,33)/t19-,20+,23+,24+,28+/m0/s1. The molecule has 6 rings (SSSR count). The minimum atomic E-state index is -1.49. The predicted octanol–water partition coefficient (Wildman–Crippen LogP) is 0.526. The molecule has 44 heavy (non-hydrogen) atoms. The van der Waals surface area contributed by atoms with Crippen LogP contribution in [0.1, 0.15) is 29.7 Å². The van der Waals surface area contributed by atoms with Crippen molar-refractivity contribution < 1.29 is 39.2 Å². The zero-order chi connectivity index (χ0) is 31.0. The Morgan fingerprint density at radius 1 is 1.00 bits per heavy atom. The molecule has 4 aromatic rings. The van der Waals surface area contributed by atoms with Crippen LogP contribution in [0, 0.1) is 0 Å². The number of nitrogens with two attached hydrogens (primary N) is 1. The fraction of sp³-hybridized carbons (Fsp3) is 0.310. The normalized spacial score (nSPS) is 21.4. The summed E-state index contributed by atoms with van der Waals surface area (Å²) in [5.41, 5.74) is 10.5. The van der Waals surface area contributed by atoms with Crippen molar-refractivity contribution in [3.05, 3.63) is 72.3 Å². The lowest BCUT2D eigenvalue weighted by molar-refractivity contribution is -0.140. The summed E-state index contributed by atoms with van der Waals surface area (Å²) in [7, 11) is 0. The first-order valence-corrected chi connectivity index (χ1v) is 13.8. The molecule has 0 bridgehead atoms. The quantitative estimate of drug-likeness (QED) is 0.154. The van der Waals surface area contributed by atoms with Crippen LogP contribution in [0.5, 0.6) is 0 Å². The minimum absolute atomic E-state index is 0.0256. The Morgan fingerprint density at radius 3 is 2.36 bits per heavy atom. The molecule has 1 aliphatic heterocycles. The van der Waals surface area contributed by atoms with E-state index in [0.29, 0.717) is 0 Å². The number of carbonyl (C=O) groups excluding carboxylic acids is 2. The van der Waals surface area contributed by atoms with E-state index in [0.717, 1.165) is 22.3 Å². The molecule has 228 valence electrons. The van der Waals surface area contributed by atoms with Crippen LogP contribution in [-0.2, 0) is 19.1 Å². The van der Waals surface area contributed by atoms with E-state index >= 15 is 0 Å². The summed E-state index contributed by atoms with van der Waals surface area (Å²) in [4.78, 5) is 49.3. The largest absolute Gasteiger partial charge is 0.481 e. The number of carbonyl (C=O) groups is 3. The zero-order valence-corrected chi connectivity index (χ0v) is 23.1. The molecule has 1 saturated heterocycles. The van der Waals surface area contributed by atoms with Gasteiger partial charge in [0.05, 0.1) is 12.7 Å². The summed E-state index contributed by atoms with van der Waals surface area (Å²) >= 11 is 0. The van der Waals surface area contributed by atoms with Gasteiger partial charge in [-0.25, -0.2) is 19.7 Å². The van der Waals surface area contributed by atoms with Crippen molar-refractivity contribution in [3.63, 3.8) is 0 Å². The Morgan fingerprint density at radius 2 is 1.68 bits per heavy atom. The van der Waals surface area contributed by atoms with Crippen LogP contribution < -0.4 is 16.4 Å². The Balaban J connectivity index is 1.07. The van der Waals surface area contributed by atoms with Crippen LogP contribution in [0.25, 0.3) is 22.3 Å². The molecule has 0 saturated carbocycles. The Hall–Kier alpha value is -5.12. The van der Waals surface area contributed by atoms with Gasteiger partial charge in [0.15, 0.2) is 17.7 Å². The summed E-state index contributed by atoms with van der Waals surface area (Å²) in [6, 6.07) is 14.1. The van der Waals surface area contributed by atoms with E-state index in [1.54, 1.807) is 0 Å². The average molecular weight is 604 g/mol. The minimum Gasteiger partial charge on any atom is -0.481 e. The van der Waals surface area contributed by atoms with Crippen molar-refractivity contribution in [1.29, 1.82) is 0 Å². The second kappa shape index (κ2) is 11.9. The number of anilines is 1. The molecule has 1 fully saturated rings. The van der Waals surface area contributed by atoms with E-state index in [9.17, 15) is 29.7 Å². The number of amides is 2. The van der Waals surface area contributed by atoms with E-state index < -0.39 is 55.0 Å². The first-order valence-electron chi connectivity index (χ1n) is 13.8.